The Balaban J connectivity index is 1.98. The van der Waals surface area contributed by atoms with Crippen molar-refractivity contribution in [1.82, 2.24) is 5.01 Å². The van der Waals surface area contributed by atoms with E-state index in [1.165, 1.54) is 12.1 Å². The average molecular weight is 316 g/mol. The van der Waals surface area contributed by atoms with Crippen molar-refractivity contribution >= 4 is 11.6 Å². The summed E-state index contributed by atoms with van der Waals surface area (Å²) < 4.78 is 52.5. The Bertz CT molecular complexity index is 637. The molecule has 1 aromatic carbocycles. The number of nitrogens with zero attached hydrogens (tertiary/aromatic N) is 2. The molecule has 22 heavy (non-hydrogen) atoms. The van der Waals surface area contributed by atoms with Crippen molar-refractivity contribution in [3.05, 3.63) is 35.6 Å². The first-order valence-electron chi connectivity index (χ1n) is 6.69. The summed E-state index contributed by atoms with van der Waals surface area (Å²) in [5, 5.41) is 13.8. The smallest absolute Gasteiger partial charge is 0.362 e. The largest absolute Gasteiger partial charge is 0.438 e. The molecule has 0 spiro atoms. The first kappa shape index (κ1) is 15.0. The van der Waals surface area contributed by atoms with E-state index in [2.05, 4.69) is 5.10 Å². The number of hydrogen-bond acceptors (Lipinski definition) is 3. The summed E-state index contributed by atoms with van der Waals surface area (Å²) >= 11 is 0. The van der Waals surface area contributed by atoms with Crippen molar-refractivity contribution in [2.24, 2.45) is 11.0 Å². The Hall–Kier alpha value is -1.96. The molecule has 1 N–H and O–H groups in total. The quantitative estimate of drug-likeness (QED) is 0.852. The van der Waals surface area contributed by atoms with Crippen molar-refractivity contribution in [1.29, 1.82) is 0 Å². The Morgan fingerprint density at radius 2 is 1.86 bits per heavy atom. The molecule has 1 saturated carbocycles. The van der Waals surface area contributed by atoms with Crippen molar-refractivity contribution in [3.8, 4) is 0 Å². The van der Waals surface area contributed by atoms with Gasteiger partial charge in [0, 0.05) is 5.92 Å². The minimum atomic E-state index is -5.04. The van der Waals surface area contributed by atoms with Crippen LogP contribution in [0.4, 0.5) is 17.6 Å². The van der Waals surface area contributed by atoms with E-state index in [1.807, 2.05) is 0 Å². The van der Waals surface area contributed by atoms with Crippen LogP contribution in [-0.4, -0.2) is 33.6 Å². The highest BCUT2D eigenvalue weighted by Gasteiger charge is 2.64. The standard InChI is InChI=1S/C14H12F4N2O2/c15-10-5-3-8(4-6-10)11-7-13(22,14(16,17)18)20(19-11)12(21)9-1-2-9/h3-6,9,22H,1-2,7H2/t13-/m0/s1. The van der Waals surface area contributed by atoms with Crippen LogP contribution in [0.5, 0.6) is 0 Å². The molecular formula is C14H12F4N2O2. The number of rotatable bonds is 2. The third kappa shape index (κ3) is 2.37. The number of amides is 1. The maximum absolute atomic E-state index is 13.2. The van der Waals surface area contributed by atoms with Gasteiger partial charge >= 0.3 is 6.18 Å². The van der Waals surface area contributed by atoms with E-state index in [0.29, 0.717) is 12.8 Å². The molecule has 0 radical (unpaired) electrons. The second-order valence-electron chi connectivity index (χ2n) is 5.47. The maximum Gasteiger partial charge on any atom is 0.438 e. The van der Waals surface area contributed by atoms with E-state index in [1.54, 1.807) is 0 Å². The molecule has 1 fully saturated rings. The van der Waals surface area contributed by atoms with E-state index in [0.717, 1.165) is 12.1 Å². The topological polar surface area (TPSA) is 52.9 Å². The molecule has 0 aromatic heterocycles. The highest BCUT2D eigenvalue weighted by Crippen LogP contribution is 2.44. The summed E-state index contributed by atoms with van der Waals surface area (Å²) in [6.07, 6.45) is -4.93. The monoisotopic (exact) mass is 316 g/mol. The lowest BCUT2D eigenvalue weighted by Gasteiger charge is -2.32. The van der Waals surface area contributed by atoms with Gasteiger partial charge in [0.2, 0.25) is 5.91 Å². The number of alkyl halides is 3. The second-order valence-corrected chi connectivity index (χ2v) is 5.47. The second kappa shape index (κ2) is 4.77. The minimum absolute atomic E-state index is 0.103. The Morgan fingerprint density at radius 3 is 2.36 bits per heavy atom. The molecule has 1 atom stereocenters. The van der Waals surface area contributed by atoms with E-state index in [4.69, 9.17) is 0 Å². The van der Waals surface area contributed by atoms with Gasteiger partial charge in [0.25, 0.3) is 5.72 Å². The van der Waals surface area contributed by atoms with Gasteiger partial charge in [0.15, 0.2) is 0 Å². The van der Waals surface area contributed by atoms with Crippen molar-refractivity contribution in [3.63, 3.8) is 0 Å². The average Bonchev–Trinajstić information content (AvgIpc) is 3.21. The molecule has 1 heterocycles. The normalized spacial score (nSPS) is 25.3. The first-order chi connectivity index (χ1) is 10.2. The number of halogens is 4. The summed E-state index contributed by atoms with van der Waals surface area (Å²) in [4.78, 5) is 12.0. The molecule has 1 aliphatic carbocycles. The first-order valence-corrected chi connectivity index (χ1v) is 6.69. The van der Waals surface area contributed by atoms with Crippen LogP contribution in [0.2, 0.25) is 0 Å². The van der Waals surface area contributed by atoms with Gasteiger partial charge in [0.05, 0.1) is 12.1 Å². The zero-order valence-electron chi connectivity index (χ0n) is 11.3. The Labute approximate surface area is 123 Å². The Kier molecular flexibility index (Phi) is 3.24. The fraction of sp³-hybridized carbons (Fsp3) is 0.429. The minimum Gasteiger partial charge on any atom is -0.362 e. The lowest BCUT2D eigenvalue weighted by atomic mass is 10.0. The molecular weight excluding hydrogens is 304 g/mol. The SMILES string of the molecule is O=C(C1CC1)N1N=C(c2ccc(F)cc2)C[C@]1(O)C(F)(F)F. The predicted molar refractivity (Wildman–Crippen MR) is 68.1 cm³/mol. The molecule has 2 aliphatic rings. The molecule has 0 saturated heterocycles. The van der Waals surface area contributed by atoms with Crippen LogP contribution in [0.1, 0.15) is 24.8 Å². The number of hydrogen-bond donors (Lipinski definition) is 1. The fourth-order valence-corrected chi connectivity index (χ4v) is 2.30. The molecule has 1 aromatic rings. The predicted octanol–water partition coefficient (Wildman–Crippen LogP) is 2.42. The summed E-state index contributed by atoms with van der Waals surface area (Å²) in [5.74, 6) is -1.90. The number of aliphatic hydroxyl groups is 1. The number of carbonyl (C=O) groups is 1. The third-order valence-corrected chi connectivity index (χ3v) is 3.75. The van der Waals surface area contributed by atoms with Gasteiger partial charge in [-0.2, -0.15) is 23.3 Å². The lowest BCUT2D eigenvalue weighted by molar-refractivity contribution is -0.302. The highest BCUT2D eigenvalue weighted by atomic mass is 19.4. The lowest BCUT2D eigenvalue weighted by Crippen LogP contribution is -2.57. The summed E-state index contributed by atoms with van der Waals surface area (Å²) in [5.41, 5.74) is -3.22. The molecule has 1 amide bonds. The van der Waals surface area contributed by atoms with Gasteiger partial charge in [-0.15, -0.1) is 0 Å². The van der Waals surface area contributed by atoms with Gasteiger partial charge in [-0.1, -0.05) is 12.1 Å². The highest BCUT2D eigenvalue weighted by molar-refractivity contribution is 6.03. The van der Waals surface area contributed by atoms with Gasteiger partial charge < -0.3 is 5.11 Å². The molecule has 4 nitrogen and oxygen atoms in total. The van der Waals surface area contributed by atoms with Gasteiger partial charge in [-0.3, -0.25) is 4.79 Å². The van der Waals surface area contributed by atoms with Crippen LogP contribution in [-0.2, 0) is 4.79 Å². The Morgan fingerprint density at radius 1 is 1.27 bits per heavy atom. The van der Waals surface area contributed by atoms with E-state index in [9.17, 15) is 27.5 Å². The van der Waals surface area contributed by atoms with Crippen LogP contribution in [0.3, 0.4) is 0 Å². The van der Waals surface area contributed by atoms with Crippen molar-refractivity contribution < 1.29 is 27.5 Å². The van der Waals surface area contributed by atoms with Gasteiger partial charge in [0.1, 0.15) is 5.82 Å². The number of hydrazone groups is 1. The zero-order valence-corrected chi connectivity index (χ0v) is 11.3. The van der Waals surface area contributed by atoms with Crippen LogP contribution in [0.15, 0.2) is 29.4 Å². The summed E-state index contributed by atoms with van der Waals surface area (Å²) in [6, 6.07) is 4.68. The molecule has 0 unspecified atom stereocenters. The van der Waals surface area contributed by atoms with Gasteiger partial charge in [-0.25, -0.2) is 4.39 Å². The van der Waals surface area contributed by atoms with E-state index < -0.39 is 36.0 Å². The van der Waals surface area contributed by atoms with Crippen molar-refractivity contribution in [2.45, 2.75) is 31.2 Å². The van der Waals surface area contributed by atoms with E-state index >= 15 is 0 Å². The van der Waals surface area contributed by atoms with Crippen LogP contribution >= 0.6 is 0 Å². The molecule has 8 heteroatoms. The molecule has 1 aliphatic heterocycles. The fourth-order valence-electron chi connectivity index (χ4n) is 2.30. The van der Waals surface area contributed by atoms with E-state index in [-0.39, 0.29) is 16.3 Å². The molecule has 3 rings (SSSR count). The third-order valence-electron chi connectivity index (χ3n) is 3.75. The number of benzene rings is 1. The van der Waals surface area contributed by atoms with Gasteiger partial charge in [-0.05, 0) is 30.5 Å². The molecule has 118 valence electrons. The molecule has 0 bridgehead atoms. The van der Waals surface area contributed by atoms with Crippen LogP contribution in [0, 0.1) is 11.7 Å². The maximum atomic E-state index is 13.2. The summed E-state index contributed by atoms with van der Waals surface area (Å²) in [7, 11) is 0. The summed E-state index contributed by atoms with van der Waals surface area (Å²) in [6.45, 7) is 0. The van der Waals surface area contributed by atoms with Crippen molar-refractivity contribution in [2.75, 3.05) is 0 Å². The van der Waals surface area contributed by atoms with Crippen LogP contribution in [0.25, 0.3) is 0 Å². The number of carbonyl (C=O) groups excluding carboxylic acids is 1. The van der Waals surface area contributed by atoms with Crippen LogP contribution < -0.4 is 0 Å². The zero-order chi connectivity index (χ0) is 16.1.